The number of nitrogens with zero attached hydrogens (tertiary/aromatic N) is 1. The lowest BCUT2D eigenvalue weighted by atomic mass is 10.2. The van der Waals surface area contributed by atoms with Crippen molar-refractivity contribution in [2.24, 2.45) is 0 Å². The zero-order chi connectivity index (χ0) is 10.8. The van der Waals surface area contributed by atoms with Crippen molar-refractivity contribution in [3.05, 3.63) is 49.1 Å². The summed E-state index contributed by atoms with van der Waals surface area (Å²) in [5.74, 6) is 0. The fourth-order valence-electron chi connectivity index (χ4n) is 1.29. The van der Waals surface area contributed by atoms with Gasteiger partial charge in [-0.1, -0.05) is 44.2 Å². The highest BCUT2D eigenvalue weighted by molar-refractivity contribution is 5.14. The normalized spacial score (nSPS) is 9.36. The van der Waals surface area contributed by atoms with E-state index in [9.17, 15) is 0 Å². The van der Waals surface area contributed by atoms with Crippen LogP contribution in [0.25, 0.3) is 0 Å². The Hall–Kier alpha value is -1.08. The molecule has 0 atom stereocenters. The molecular formula is C13H21N. The van der Waals surface area contributed by atoms with Crippen LogP contribution in [0.1, 0.15) is 19.4 Å². The van der Waals surface area contributed by atoms with Crippen LogP contribution >= 0.6 is 0 Å². The van der Waals surface area contributed by atoms with Gasteiger partial charge in [-0.05, 0) is 18.7 Å². The molecule has 1 aromatic carbocycles. The third kappa shape index (κ3) is 4.83. The van der Waals surface area contributed by atoms with Crippen LogP contribution < -0.4 is 0 Å². The molecule has 0 radical (unpaired) electrons. The molecule has 0 aliphatic heterocycles. The summed E-state index contributed by atoms with van der Waals surface area (Å²) < 4.78 is 0. The van der Waals surface area contributed by atoms with Crippen LogP contribution in [0, 0.1) is 0 Å². The molecule has 0 fully saturated rings. The third-order valence-corrected chi connectivity index (χ3v) is 2.14. The average molecular weight is 191 g/mol. The van der Waals surface area contributed by atoms with Crippen molar-refractivity contribution in [3.8, 4) is 0 Å². The van der Waals surface area contributed by atoms with Crippen molar-refractivity contribution >= 4 is 0 Å². The average Bonchev–Trinajstić information content (AvgIpc) is 2.30. The maximum absolute atomic E-state index is 3.00. The molecule has 1 heteroatoms. The quantitative estimate of drug-likeness (QED) is 0.660. The number of rotatable bonds is 4. The van der Waals surface area contributed by atoms with Gasteiger partial charge in [-0.2, -0.15) is 0 Å². The standard InChI is InChI=1S/C11H17N.C2H4/c1-3-12(4-2)10-11-8-6-5-7-9-11;1-2/h5-9H,3-4,10H2,1-2H3;1-2H2. The molecule has 14 heavy (non-hydrogen) atoms. The molecule has 0 N–H and O–H groups in total. The zero-order valence-electron chi connectivity index (χ0n) is 9.37. The van der Waals surface area contributed by atoms with Crippen LogP contribution in [-0.4, -0.2) is 18.0 Å². The Kier molecular flexibility index (Phi) is 7.86. The van der Waals surface area contributed by atoms with Gasteiger partial charge in [-0.25, -0.2) is 0 Å². The number of hydrogen-bond donors (Lipinski definition) is 0. The molecule has 0 bridgehead atoms. The lowest BCUT2D eigenvalue weighted by molar-refractivity contribution is 0.296. The van der Waals surface area contributed by atoms with Crippen molar-refractivity contribution < 1.29 is 0 Å². The molecule has 0 amide bonds. The molecule has 0 saturated carbocycles. The van der Waals surface area contributed by atoms with Gasteiger partial charge in [-0.15, -0.1) is 13.2 Å². The molecule has 1 aromatic rings. The van der Waals surface area contributed by atoms with Crippen molar-refractivity contribution in [3.63, 3.8) is 0 Å². The second kappa shape index (κ2) is 8.52. The van der Waals surface area contributed by atoms with E-state index in [0.717, 1.165) is 19.6 Å². The molecule has 1 nitrogen and oxygen atoms in total. The van der Waals surface area contributed by atoms with Gasteiger partial charge in [-0.3, -0.25) is 4.90 Å². The van der Waals surface area contributed by atoms with Gasteiger partial charge in [0.25, 0.3) is 0 Å². The van der Waals surface area contributed by atoms with E-state index >= 15 is 0 Å². The van der Waals surface area contributed by atoms with Crippen LogP contribution in [0.15, 0.2) is 43.5 Å². The highest BCUT2D eigenvalue weighted by atomic mass is 15.1. The first-order chi connectivity index (χ1) is 6.86. The van der Waals surface area contributed by atoms with Crippen molar-refractivity contribution in [1.29, 1.82) is 0 Å². The Bertz CT molecular complexity index is 214. The Balaban J connectivity index is 0.000000791. The summed E-state index contributed by atoms with van der Waals surface area (Å²) in [5.41, 5.74) is 1.40. The number of benzene rings is 1. The molecule has 0 aliphatic carbocycles. The molecule has 0 aliphatic rings. The predicted molar refractivity (Wildman–Crippen MR) is 64.3 cm³/mol. The second-order valence-electron chi connectivity index (χ2n) is 2.95. The number of hydrogen-bond acceptors (Lipinski definition) is 1. The van der Waals surface area contributed by atoms with E-state index < -0.39 is 0 Å². The SMILES string of the molecule is C=C.CCN(CC)Cc1ccccc1. The van der Waals surface area contributed by atoms with E-state index in [1.165, 1.54) is 5.56 Å². The van der Waals surface area contributed by atoms with E-state index in [2.05, 4.69) is 62.2 Å². The van der Waals surface area contributed by atoms with Crippen LogP contribution in [0.5, 0.6) is 0 Å². The van der Waals surface area contributed by atoms with Crippen LogP contribution in [-0.2, 0) is 6.54 Å². The first-order valence-electron chi connectivity index (χ1n) is 5.13. The van der Waals surface area contributed by atoms with E-state index in [1.807, 2.05) is 0 Å². The molecule has 1 rings (SSSR count). The minimum atomic E-state index is 1.08. The predicted octanol–water partition coefficient (Wildman–Crippen LogP) is 3.33. The topological polar surface area (TPSA) is 3.24 Å². The van der Waals surface area contributed by atoms with Gasteiger partial charge < -0.3 is 0 Å². The third-order valence-electron chi connectivity index (χ3n) is 2.14. The van der Waals surface area contributed by atoms with Gasteiger partial charge in [0.1, 0.15) is 0 Å². The summed E-state index contributed by atoms with van der Waals surface area (Å²) in [6, 6.07) is 10.6. The van der Waals surface area contributed by atoms with Gasteiger partial charge in [0, 0.05) is 6.54 Å². The minimum Gasteiger partial charge on any atom is -0.300 e. The fraction of sp³-hybridized carbons (Fsp3) is 0.385. The Labute approximate surface area is 88.1 Å². The molecule has 0 spiro atoms. The van der Waals surface area contributed by atoms with Crippen molar-refractivity contribution in [2.75, 3.05) is 13.1 Å². The first-order valence-corrected chi connectivity index (χ1v) is 5.13. The molecule has 0 aromatic heterocycles. The molecule has 0 heterocycles. The largest absolute Gasteiger partial charge is 0.300 e. The second-order valence-corrected chi connectivity index (χ2v) is 2.95. The first kappa shape index (κ1) is 12.9. The maximum Gasteiger partial charge on any atom is 0.0233 e. The van der Waals surface area contributed by atoms with E-state index in [0.29, 0.717) is 0 Å². The lowest BCUT2D eigenvalue weighted by Crippen LogP contribution is -2.21. The highest BCUT2D eigenvalue weighted by Crippen LogP contribution is 2.02. The Morgan fingerprint density at radius 3 is 1.93 bits per heavy atom. The van der Waals surface area contributed by atoms with Gasteiger partial charge >= 0.3 is 0 Å². The summed E-state index contributed by atoms with van der Waals surface area (Å²) in [6.45, 7) is 13.7. The molecular weight excluding hydrogens is 170 g/mol. The Morgan fingerprint density at radius 2 is 1.50 bits per heavy atom. The van der Waals surface area contributed by atoms with Crippen LogP contribution in [0.2, 0.25) is 0 Å². The minimum absolute atomic E-state index is 1.08. The summed E-state index contributed by atoms with van der Waals surface area (Å²) in [7, 11) is 0. The van der Waals surface area contributed by atoms with Gasteiger partial charge in [0.2, 0.25) is 0 Å². The molecule has 0 saturated heterocycles. The van der Waals surface area contributed by atoms with E-state index in [1.54, 1.807) is 0 Å². The summed E-state index contributed by atoms with van der Waals surface area (Å²) >= 11 is 0. The van der Waals surface area contributed by atoms with Gasteiger partial charge in [0.15, 0.2) is 0 Å². The van der Waals surface area contributed by atoms with Crippen LogP contribution in [0.4, 0.5) is 0 Å². The van der Waals surface area contributed by atoms with E-state index in [4.69, 9.17) is 0 Å². The smallest absolute Gasteiger partial charge is 0.0233 e. The zero-order valence-corrected chi connectivity index (χ0v) is 9.37. The van der Waals surface area contributed by atoms with Gasteiger partial charge in [0.05, 0.1) is 0 Å². The Morgan fingerprint density at radius 1 is 1.00 bits per heavy atom. The lowest BCUT2D eigenvalue weighted by Gasteiger charge is -2.17. The molecule has 78 valence electrons. The van der Waals surface area contributed by atoms with Crippen molar-refractivity contribution in [2.45, 2.75) is 20.4 Å². The maximum atomic E-state index is 3.00. The van der Waals surface area contributed by atoms with Crippen molar-refractivity contribution in [1.82, 2.24) is 4.90 Å². The van der Waals surface area contributed by atoms with E-state index in [-0.39, 0.29) is 0 Å². The van der Waals surface area contributed by atoms with Crippen LogP contribution in [0.3, 0.4) is 0 Å². The fourth-order valence-corrected chi connectivity index (χ4v) is 1.29. The highest BCUT2D eigenvalue weighted by Gasteiger charge is 1.98. The summed E-state index contributed by atoms with van der Waals surface area (Å²) in [5, 5.41) is 0. The monoisotopic (exact) mass is 191 g/mol. The summed E-state index contributed by atoms with van der Waals surface area (Å²) in [6.07, 6.45) is 0. The summed E-state index contributed by atoms with van der Waals surface area (Å²) in [4.78, 5) is 2.41. The molecule has 0 unspecified atom stereocenters.